The maximum atomic E-state index is 12.9. The van der Waals surface area contributed by atoms with Gasteiger partial charge in [-0.2, -0.15) is 0 Å². The number of anilines is 2. The van der Waals surface area contributed by atoms with Gasteiger partial charge in [0.15, 0.2) is 22.2 Å². The minimum atomic E-state index is -4.08. The molecule has 0 fully saturated rings. The van der Waals surface area contributed by atoms with E-state index < -0.39 is 32.5 Å². The Hall–Kier alpha value is -3.46. The van der Waals surface area contributed by atoms with E-state index in [0.29, 0.717) is 17.1 Å². The average Bonchev–Trinajstić information content (AvgIpc) is 2.75. The summed E-state index contributed by atoms with van der Waals surface area (Å²) in [4.78, 5) is 38.7. The number of ether oxygens (including phenoxy) is 1. The first-order valence-electron chi connectivity index (χ1n) is 9.93. The highest BCUT2D eigenvalue weighted by Gasteiger charge is 2.32. The van der Waals surface area contributed by atoms with Crippen molar-refractivity contribution in [1.82, 2.24) is 0 Å². The third kappa shape index (κ3) is 5.05. The van der Waals surface area contributed by atoms with E-state index in [1.54, 1.807) is 30.3 Å². The molecule has 168 valence electrons. The summed E-state index contributed by atoms with van der Waals surface area (Å²) < 4.78 is 30.8. The molecule has 2 amide bonds. The Morgan fingerprint density at radius 3 is 2.56 bits per heavy atom. The van der Waals surface area contributed by atoms with Crippen LogP contribution >= 0.6 is 0 Å². The molecule has 32 heavy (non-hydrogen) atoms. The third-order valence-corrected chi connectivity index (χ3v) is 7.03. The molecule has 1 unspecified atom stereocenters. The first-order chi connectivity index (χ1) is 15.1. The van der Waals surface area contributed by atoms with Crippen LogP contribution in [-0.4, -0.2) is 50.2 Å². The fourth-order valence-corrected chi connectivity index (χ4v) is 4.37. The van der Waals surface area contributed by atoms with Gasteiger partial charge < -0.3 is 15.0 Å². The van der Waals surface area contributed by atoms with E-state index in [2.05, 4.69) is 11.9 Å². The predicted molar refractivity (Wildman–Crippen MR) is 122 cm³/mol. The van der Waals surface area contributed by atoms with Crippen LogP contribution in [0.1, 0.15) is 22.8 Å². The van der Waals surface area contributed by atoms with Crippen LogP contribution in [0.4, 0.5) is 11.4 Å². The van der Waals surface area contributed by atoms with Gasteiger partial charge in [0.1, 0.15) is 16.8 Å². The number of fused-ring (bicyclic) bond motifs is 1. The van der Waals surface area contributed by atoms with Crippen LogP contribution in [0.3, 0.4) is 0 Å². The average molecular weight is 457 g/mol. The van der Waals surface area contributed by atoms with E-state index in [4.69, 9.17) is 4.74 Å². The second-order valence-corrected chi connectivity index (χ2v) is 9.81. The Bertz CT molecular complexity index is 1170. The first-order valence-corrected chi connectivity index (χ1v) is 11.6. The number of carbonyl (C=O) groups is 3. The van der Waals surface area contributed by atoms with Gasteiger partial charge in [0.25, 0.3) is 5.91 Å². The number of hydrogen-bond acceptors (Lipinski definition) is 6. The van der Waals surface area contributed by atoms with Crippen molar-refractivity contribution in [3.63, 3.8) is 0 Å². The van der Waals surface area contributed by atoms with Gasteiger partial charge in [-0.3, -0.25) is 14.4 Å². The number of carbonyl (C=O) groups excluding carboxylic acids is 3. The van der Waals surface area contributed by atoms with Gasteiger partial charge in [0, 0.05) is 17.8 Å². The van der Waals surface area contributed by atoms with E-state index in [0.717, 1.165) is 5.56 Å². The quantitative estimate of drug-likeness (QED) is 0.483. The summed E-state index contributed by atoms with van der Waals surface area (Å²) in [5, 5.41) is 1.08. The van der Waals surface area contributed by atoms with E-state index in [-0.39, 0.29) is 24.6 Å². The topological polar surface area (TPSA) is 110 Å². The Labute approximate surface area is 186 Å². The molecule has 0 saturated heterocycles. The van der Waals surface area contributed by atoms with Gasteiger partial charge in [0.2, 0.25) is 5.91 Å². The van der Waals surface area contributed by atoms with Crippen molar-refractivity contribution in [2.24, 2.45) is 0 Å². The van der Waals surface area contributed by atoms with Crippen LogP contribution < -0.4 is 15.0 Å². The lowest BCUT2D eigenvalue weighted by atomic mass is 10.1. The zero-order valence-electron chi connectivity index (χ0n) is 17.8. The monoisotopic (exact) mass is 456 g/mol. The lowest BCUT2D eigenvalue weighted by molar-refractivity contribution is -0.121. The summed E-state index contributed by atoms with van der Waals surface area (Å²) in [5.41, 5.74) is 1.94. The fraction of sp³-hybridized carbons (Fsp3) is 0.261. The molecule has 8 nitrogen and oxygen atoms in total. The summed E-state index contributed by atoms with van der Waals surface area (Å²) in [7, 11) is -4.08. The zero-order chi connectivity index (χ0) is 23.5. The van der Waals surface area contributed by atoms with Gasteiger partial charge in [-0.05, 0) is 44.2 Å². The number of rotatable bonds is 8. The van der Waals surface area contributed by atoms with Crippen LogP contribution in [0.5, 0.6) is 5.75 Å². The molecule has 0 radical (unpaired) electrons. The third-order valence-electron chi connectivity index (χ3n) is 5.07. The fourth-order valence-electron chi connectivity index (χ4n) is 3.22. The highest BCUT2D eigenvalue weighted by molar-refractivity contribution is 7.93. The first kappa shape index (κ1) is 23.2. The normalized spacial score (nSPS) is 14.2. The summed E-state index contributed by atoms with van der Waals surface area (Å²) in [6.45, 7) is 6.86. The van der Waals surface area contributed by atoms with Gasteiger partial charge in [-0.15, -0.1) is 6.58 Å². The van der Waals surface area contributed by atoms with Crippen molar-refractivity contribution in [1.29, 1.82) is 0 Å². The molecular weight excluding hydrogens is 432 g/mol. The van der Waals surface area contributed by atoms with Gasteiger partial charge in [0.05, 0.1) is 5.69 Å². The van der Waals surface area contributed by atoms with E-state index in [1.807, 2.05) is 6.92 Å². The number of nitrogens with zero attached hydrogens (tertiary/aromatic N) is 1. The van der Waals surface area contributed by atoms with Crippen LogP contribution in [-0.2, 0) is 19.4 Å². The molecule has 3 rings (SSSR count). The molecule has 0 saturated carbocycles. The molecule has 1 aliphatic rings. The smallest absolute Gasteiger partial charge is 0.265 e. The number of ketones is 1. The second-order valence-electron chi connectivity index (χ2n) is 7.49. The lowest BCUT2D eigenvalue weighted by Gasteiger charge is -2.29. The van der Waals surface area contributed by atoms with E-state index in [9.17, 15) is 22.8 Å². The van der Waals surface area contributed by atoms with Gasteiger partial charge in [-0.25, -0.2) is 8.42 Å². The Kier molecular flexibility index (Phi) is 6.78. The number of amides is 2. The SMILES string of the molecule is C=CCN1C(=O)COc2ccc(C(=O)C(C)S(=O)(=O)CC(=O)Nc3ccc(C)cc3)cc21. The molecule has 0 bridgehead atoms. The van der Waals surface area contributed by atoms with Crippen molar-refractivity contribution in [2.75, 3.05) is 29.1 Å². The van der Waals surface area contributed by atoms with Crippen LogP contribution in [0.25, 0.3) is 0 Å². The van der Waals surface area contributed by atoms with Crippen molar-refractivity contribution in [2.45, 2.75) is 19.1 Å². The largest absolute Gasteiger partial charge is 0.482 e. The Morgan fingerprint density at radius 2 is 1.91 bits per heavy atom. The number of sulfone groups is 1. The molecule has 1 aliphatic heterocycles. The van der Waals surface area contributed by atoms with Crippen molar-refractivity contribution in [3.8, 4) is 5.75 Å². The molecule has 9 heteroatoms. The molecule has 1 atom stereocenters. The molecule has 0 aromatic heterocycles. The van der Waals surface area contributed by atoms with Crippen LogP contribution in [0, 0.1) is 6.92 Å². The Balaban J connectivity index is 1.76. The van der Waals surface area contributed by atoms with Crippen molar-refractivity contribution in [3.05, 3.63) is 66.2 Å². The minimum Gasteiger partial charge on any atom is -0.482 e. The minimum absolute atomic E-state index is 0.103. The summed E-state index contributed by atoms with van der Waals surface area (Å²) >= 11 is 0. The summed E-state index contributed by atoms with van der Waals surface area (Å²) in [6, 6.07) is 11.3. The predicted octanol–water partition coefficient (Wildman–Crippen LogP) is 2.53. The number of aryl methyl sites for hydroxylation is 1. The van der Waals surface area contributed by atoms with Crippen molar-refractivity contribution >= 4 is 38.8 Å². The van der Waals surface area contributed by atoms with E-state index in [1.165, 1.54) is 30.0 Å². The zero-order valence-corrected chi connectivity index (χ0v) is 18.6. The highest BCUT2D eigenvalue weighted by atomic mass is 32.2. The molecule has 2 aromatic carbocycles. The van der Waals surface area contributed by atoms with Gasteiger partial charge in [-0.1, -0.05) is 23.8 Å². The molecule has 1 N–H and O–H groups in total. The van der Waals surface area contributed by atoms with Crippen LogP contribution in [0.2, 0.25) is 0 Å². The maximum absolute atomic E-state index is 12.9. The second kappa shape index (κ2) is 9.35. The summed E-state index contributed by atoms with van der Waals surface area (Å²) in [5.74, 6) is -2.11. The summed E-state index contributed by atoms with van der Waals surface area (Å²) in [6.07, 6.45) is 1.54. The molecular formula is C23H24N2O6S. The van der Waals surface area contributed by atoms with Gasteiger partial charge >= 0.3 is 0 Å². The number of Topliss-reactive ketones (excluding diaryl/α,β-unsaturated/α-hetero) is 1. The molecule has 0 aliphatic carbocycles. The lowest BCUT2D eigenvalue weighted by Crippen LogP contribution is -2.39. The molecule has 0 spiro atoms. The molecule has 2 aromatic rings. The highest BCUT2D eigenvalue weighted by Crippen LogP contribution is 2.33. The van der Waals surface area contributed by atoms with Crippen molar-refractivity contribution < 1.29 is 27.5 Å². The number of benzene rings is 2. The number of hydrogen-bond donors (Lipinski definition) is 1. The standard InChI is InChI=1S/C23H24N2O6S/c1-4-11-25-19-12-17(7-10-20(19)31-13-22(25)27)23(28)16(3)32(29,30)14-21(26)24-18-8-5-15(2)6-9-18/h4-10,12,16H,1,11,13-14H2,2-3H3,(H,24,26). The number of nitrogens with one attached hydrogen (secondary N) is 1. The molecule has 1 heterocycles. The van der Waals surface area contributed by atoms with E-state index >= 15 is 0 Å². The maximum Gasteiger partial charge on any atom is 0.265 e. The van der Waals surface area contributed by atoms with Crippen LogP contribution in [0.15, 0.2) is 55.1 Å². The Morgan fingerprint density at radius 1 is 1.22 bits per heavy atom.